The second-order valence-electron chi connectivity index (χ2n) is 2.49. The molecule has 0 aromatic rings. The third-order valence-corrected chi connectivity index (χ3v) is 2.70. The summed E-state index contributed by atoms with van der Waals surface area (Å²) in [5.41, 5.74) is 0. The summed E-state index contributed by atoms with van der Waals surface area (Å²) in [6.07, 6.45) is 1.05. The summed E-state index contributed by atoms with van der Waals surface area (Å²) in [7, 11) is -4.02. The number of hydrogen-bond donors (Lipinski definition) is 1. The molecule has 5 nitrogen and oxygen atoms in total. The number of carbonyl (C=O) groups is 1. The van der Waals surface area contributed by atoms with Crippen molar-refractivity contribution < 1.29 is 22.5 Å². The molecule has 1 atom stereocenters. The average molecular weight is 208 g/mol. The second-order valence-corrected chi connectivity index (χ2v) is 4.32. The largest absolute Gasteiger partial charge is 0.462 e. The van der Waals surface area contributed by atoms with Crippen molar-refractivity contribution in [2.24, 2.45) is 0 Å². The van der Waals surface area contributed by atoms with Crippen LogP contribution in [0.3, 0.4) is 0 Å². The molecule has 0 spiro atoms. The van der Waals surface area contributed by atoms with Crippen molar-refractivity contribution in [3.05, 3.63) is 12.7 Å². The zero-order valence-electron chi connectivity index (χ0n) is 7.26. The molecule has 0 amide bonds. The van der Waals surface area contributed by atoms with E-state index in [4.69, 9.17) is 4.55 Å². The first-order chi connectivity index (χ1) is 5.88. The fourth-order valence-electron chi connectivity index (χ4n) is 0.533. The minimum atomic E-state index is -4.02. The van der Waals surface area contributed by atoms with Crippen LogP contribution in [0.25, 0.3) is 0 Å². The van der Waals surface area contributed by atoms with E-state index in [9.17, 15) is 13.2 Å². The summed E-state index contributed by atoms with van der Waals surface area (Å²) in [5, 5.41) is -0.926. The Morgan fingerprint density at radius 2 is 2.23 bits per heavy atom. The van der Waals surface area contributed by atoms with Gasteiger partial charge in [-0.1, -0.05) is 6.58 Å². The van der Waals surface area contributed by atoms with Crippen molar-refractivity contribution in [2.45, 2.75) is 18.6 Å². The molecule has 0 aromatic heterocycles. The average Bonchev–Trinajstić information content (AvgIpc) is 2.02. The van der Waals surface area contributed by atoms with E-state index in [2.05, 4.69) is 11.3 Å². The fourth-order valence-corrected chi connectivity index (χ4v) is 0.927. The van der Waals surface area contributed by atoms with Crippen molar-refractivity contribution in [1.82, 2.24) is 0 Å². The predicted molar refractivity (Wildman–Crippen MR) is 46.8 cm³/mol. The lowest BCUT2D eigenvalue weighted by Gasteiger charge is -2.06. The van der Waals surface area contributed by atoms with E-state index in [1.54, 1.807) is 0 Å². The summed E-state index contributed by atoms with van der Waals surface area (Å²) in [5.74, 6) is -0.609. The molecule has 0 aliphatic carbocycles. The Labute approximate surface area is 77.1 Å². The summed E-state index contributed by atoms with van der Waals surface area (Å²) >= 11 is 0. The molecule has 76 valence electrons. The lowest BCUT2D eigenvalue weighted by atomic mass is 10.3. The van der Waals surface area contributed by atoms with Crippen LogP contribution in [0.4, 0.5) is 0 Å². The zero-order valence-corrected chi connectivity index (χ0v) is 8.08. The van der Waals surface area contributed by atoms with Gasteiger partial charge in [0.05, 0.1) is 11.9 Å². The first kappa shape index (κ1) is 12.1. The van der Waals surface area contributed by atoms with Gasteiger partial charge in [-0.25, -0.2) is 4.79 Å². The Balaban J connectivity index is 3.79. The van der Waals surface area contributed by atoms with E-state index in [-0.39, 0.29) is 13.0 Å². The molecule has 0 saturated carbocycles. The van der Waals surface area contributed by atoms with Crippen LogP contribution in [-0.4, -0.2) is 30.8 Å². The maximum Gasteiger partial charge on any atom is 0.330 e. The van der Waals surface area contributed by atoms with Crippen molar-refractivity contribution in [3.63, 3.8) is 0 Å². The van der Waals surface area contributed by atoms with Gasteiger partial charge >= 0.3 is 5.97 Å². The third kappa shape index (κ3) is 5.37. The topological polar surface area (TPSA) is 80.7 Å². The molecule has 1 unspecified atom stereocenters. The van der Waals surface area contributed by atoms with Gasteiger partial charge in [0.1, 0.15) is 0 Å². The Bertz CT molecular complexity index is 279. The van der Waals surface area contributed by atoms with Crippen molar-refractivity contribution >= 4 is 16.1 Å². The van der Waals surface area contributed by atoms with Crippen molar-refractivity contribution in [3.8, 4) is 0 Å². The molecular weight excluding hydrogens is 196 g/mol. The quantitative estimate of drug-likeness (QED) is 0.401. The highest BCUT2D eigenvalue weighted by Gasteiger charge is 2.16. The van der Waals surface area contributed by atoms with E-state index in [0.29, 0.717) is 0 Å². The Kier molecular flexibility index (Phi) is 4.64. The first-order valence-corrected chi connectivity index (χ1v) is 5.13. The minimum Gasteiger partial charge on any atom is -0.462 e. The van der Waals surface area contributed by atoms with Gasteiger partial charge in [-0.15, -0.1) is 0 Å². The molecule has 0 radical (unpaired) electrons. The van der Waals surface area contributed by atoms with Crippen LogP contribution in [0, 0.1) is 0 Å². The van der Waals surface area contributed by atoms with Crippen molar-refractivity contribution in [2.75, 3.05) is 6.61 Å². The normalized spacial score (nSPS) is 13.4. The van der Waals surface area contributed by atoms with Crippen LogP contribution in [0.15, 0.2) is 12.7 Å². The monoisotopic (exact) mass is 208 g/mol. The third-order valence-electron chi connectivity index (χ3n) is 1.44. The van der Waals surface area contributed by atoms with Crippen LogP contribution < -0.4 is 0 Å². The molecule has 1 N–H and O–H groups in total. The number of hydrogen-bond acceptors (Lipinski definition) is 4. The van der Waals surface area contributed by atoms with Gasteiger partial charge in [0, 0.05) is 12.5 Å². The lowest BCUT2D eigenvalue weighted by Crippen LogP contribution is -2.19. The second kappa shape index (κ2) is 4.98. The van der Waals surface area contributed by atoms with Gasteiger partial charge in [0.15, 0.2) is 0 Å². The smallest absolute Gasteiger partial charge is 0.330 e. The predicted octanol–water partition coefficient (Wildman–Crippen LogP) is 0.382. The lowest BCUT2D eigenvalue weighted by molar-refractivity contribution is -0.137. The van der Waals surface area contributed by atoms with Gasteiger partial charge < -0.3 is 4.74 Å². The molecule has 0 heterocycles. The summed E-state index contributed by atoms with van der Waals surface area (Å²) < 4.78 is 34.0. The van der Waals surface area contributed by atoms with Crippen molar-refractivity contribution in [1.29, 1.82) is 0 Å². The molecule has 13 heavy (non-hydrogen) atoms. The SMILES string of the molecule is C=CC(=O)OCCC(C)S(=O)(=O)O. The Morgan fingerprint density at radius 3 is 2.62 bits per heavy atom. The number of rotatable bonds is 5. The van der Waals surface area contributed by atoms with Gasteiger partial charge in [-0.2, -0.15) is 8.42 Å². The number of esters is 1. The zero-order chi connectivity index (χ0) is 10.5. The van der Waals surface area contributed by atoms with E-state index in [0.717, 1.165) is 6.08 Å². The molecule has 6 heteroatoms. The molecule has 0 aliphatic rings. The highest BCUT2D eigenvalue weighted by atomic mass is 32.2. The Hall–Kier alpha value is -0.880. The van der Waals surface area contributed by atoms with Crippen LogP contribution in [0.1, 0.15) is 13.3 Å². The molecule has 0 bridgehead atoms. The van der Waals surface area contributed by atoms with Gasteiger partial charge in [-0.3, -0.25) is 4.55 Å². The molecule has 0 fully saturated rings. The highest BCUT2D eigenvalue weighted by Crippen LogP contribution is 2.02. The molecule has 0 aromatic carbocycles. The van der Waals surface area contributed by atoms with Gasteiger partial charge in [0.2, 0.25) is 0 Å². The summed E-state index contributed by atoms with van der Waals surface area (Å²) in [6.45, 7) is 4.45. The number of ether oxygens (including phenoxy) is 1. The van der Waals surface area contributed by atoms with E-state index in [1.165, 1.54) is 6.92 Å². The fraction of sp³-hybridized carbons (Fsp3) is 0.571. The molecular formula is C7H12O5S. The first-order valence-electron chi connectivity index (χ1n) is 3.63. The van der Waals surface area contributed by atoms with Crippen LogP contribution in [0.5, 0.6) is 0 Å². The highest BCUT2D eigenvalue weighted by molar-refractivity contribution is 7.86. The minimum absolute atomic E-state index is 0.0498. The van der Waals surface area contributed by atoms with Crippen LogP contribution in [-0.2, 0) is 19.6 Å². The van der Waals surface area contributed by atoms with E-state index < -0.39 is 21.3 Å². The van der Waals surface area contributed by atoms with E-state index >= 15 is 0 Å². The molecule has 0 rings (SSSR count). The van der Waals surface area contributed by atoms with E-state index in [1.807, 2.05) is 0 Å². The van der Waals surface area contributed by atoms with Gasteiger partial charge in [-0.05, 0) is 6.92 Å². The molecule has 0 saturated heterocycles. The van der Waals surface area contributed by atoms with Crippen LogP contribution in [0.2, 0.25) is 0 Å². The summed E-state index contributed by atoms with van der Waals surface area (Å²) in [4.78, 5) is 10.5. The maximum atomic E-state index is 10.5. The standard InChI is InChI=1S/C7H12O5S/c1-3-7(8)12-5-4-6(2)13(9,10)11/h3,6H,1,4-5H2,2H3,(H,9,10,11). The maximum absolute atomic E-state index is 10.5. The van der Waals surface area contributed by atoms with Gasteiger partial charge in [0.25, 0.3) is 10.1 Å². The summed E-state index contributed by atoms with van der Waals surface area (Å²) in [6, 6.07) is 0. The van der Waals surface area contributed by atoms with Crippen LogP contribution >= 0.6 is 0 Å². The Morgan fingerprint density at radius 1 is 1.69 bits per heavy atom. The number of carbonyl (C=O) groups excluding carboxylic acids is 1. The molecule has 0 aliphatic heterocycles.